The van der Waals surface area contributed by atoms with Crippen LogP contribution >= 0.6 is 0 Å². The lowest BCUT2D eigenvalue weighted by molar-refractivity contribution is -0.172. The van der Waals surface area contributed by atoms with Gasteiger partial charge < -0.3 is 23.7 Å². The second kappa shape index (κ2) is 10.0. The first-order valence-corrected chi connectivity index (χ1v) is 9.35. The van der Waals surface area contributed by atoms with Gasteiger partial charge in [0, 0.05) is 33.7 Å². The minimum absolute atomic E-state index is 0.00928. The molecule has 2 rings (SSSR count). The van der Waals surface area contributed by atoms with E-state index in [2.05, 4.69) is 0 Å². The molecule has 154 valence electrons. The number of esters is 3. The standard InChI is InChI=1S/C19H30O8/c1-11(20)27-17-13-10-14(16(17)19(22)26-9-8-24-3)15(18(21)25-4)12(13)6-5-7-23-2/h12-17H,5-10H2,1-4H3. The van der Waals surface area contributed by atoms with E-state index >= 15 is 0 Å². The highest BCUT2D eigenvalue weighted by Crippen LogP contribution is 2.58. The van der Waals surface area contributed by atoms with E-state index in [4.69, 9.17) is 23.7 Å². The van der Waals surface area contributed by atoms with Crippen molar-refractivity contribution in [1.29, 1.82) is 0 Å². The van der Waals surface area contributed by atoms with Gasteiger partial charge in [0.15, 0.2) is 0 Å². The minimum Gasteiger partial charge on any atom is -0.469 e. The summed E-state index contributed by atoms with van der Waals surface area (Å²) in [6.45, 7) is 2.32. The Morgan fingerprint density at radius 2 is 1.59 bits per heavy atom. The molecule has 0 aromatic carbocycles. The summed E-state index contributed by atoms with van der Waals surface area (Å²) in [5, 5.41) is 0. The summed E-state index contributed by atoms with van der Waals surface area (Å²) in [5.74, 6) is -2.59. The Morgan fingerprint density at radius 3 is 2.19 bits per heavy atom. The molecule has 0 radical (unpaired) electrons. The van der Waals surface area contributed by atoms with Crippen molar-refractivity contribution in [3.8, 4) is 0 Å². The Balaban J connectivity index is 2.22. The zero-order valence-corrected chi connectivity index (χ0v) is 16.5. The molecule has 2 fully saturated rings. The van der Waals surface area contributed by atoms with Gasteiger partial charge in [-0.15, -0.1) is 0 Å². The minimum atomic E-state index is -0.654. The van der Waals surface area contributed by atoms with Crippen LogP contribution in [0.3, 0.4) is 0 Å². The summed E-state index contributed by atoms with van der Waals surface area (Å²) in [4.78, 5) is 36.8. The molecule has 2 saturated carbocycles. The number of fused-ring (bicyclic) bond motifs is 2. The first kappa shape index (κ1) is 21.6. The second-order valence-electron chi connectivity index (χ2n) is 7.17. The van der Waals surface area contributed by atoms with E-state index in [0.717, 1.165) is 12.8 Å². The maximum atomic E-state index is 12.7. The van der Waals surface area contributed by atoms with Gasteiger partial charge in [-0.2, -0.15) is 0 Å². The van der Waals surface area contributed by atoms with Crippen molar-refractivity contribution < 1.29 is 38.1 Å². The Bertz CT molecular complexity index is 534. The van der Waals surface area contributed by atoms with Crippen LogP contribution in [0, 0.1) is 29.6 Å². The van der Waals surface area contributed by atoms with Gasteiger partial charge in [0.1, 0.15) is 12.7 Å². The molecule has 0 spiro atoms. The molecule has 0 aliphatic heterocycles. The van der Waals surface area contributed by atoms with Gasteiger partial charge in [-0.1, -0.05) is 0 Å². The lowest BCUT2D eigenvalue weighted by Crippen LogP contribution is -2.47. The number of rotatable bonds is 10. The summed E-state index contributed by atoms with van der Waals surface area (Å²) < 4.78 is 25.9. The average Bonchev–Trinajstić information content (AvgIpc) is 3.16. The summed E-state index contributed by atoms with van der Waals surface area (Å²) in [6.07, 6.45) is 1.60. The Kier molecular flexibility index (Phi) is 8.04. The van der Waals surface area contributed by atoms with E-state index in [1.165, 1.54) is 21.1 Å². The molecule has 0 aromatic heterocycles. The zero-order chi connectivity index (χ0) is 20.0. The monoisotopic (exact) mass is 386 g/mol. The summed E-state index contributed by atoms with van der Waals surface area (Å²) in [7, 11) is 4.51. The third kappa shape index (κ3) is 4.79. The van der Waals surface area contributed by atoms with Crippen LogP contribution in [0.1, 0.15) is 26.2 Å². The van der Waals surface area contributed by atoms with E-state index < -0.39 is 29.9 Å². The van der Waals surface area contributed by atoms with Crippen LogP contribution in [0.2, 0.25) is 0 Å². The first-order valence-electron chi connectivity index (χ1n) is 9.35. The molecular weight excluding hydrogens is 356 g/mol. The van der Waals surface area contributed by atoms with Crippen molar-refractivity contribution in [2.75, 3.05) is 41.2 Å². The topological polar surface area (TPSA) is 97.4 Å². The molecule has 0 saturated heterocycles. The number of methoxy groups -OCH3 is 3. The largest absolute Gasteiger partial charge is 0.469 e. The number of hydrogen-bond acceptors (Lipinski definition) is 8. The van der Waals surface area contributed by atoms with Crippen LogP contribution in [0.5, 0.6) is 0 Å². The molecule has 0 aromatic rings. The molecule has 8 heteroatoms. The van der Waals surface area contributed by atoms with Crippen LogP contribution in [-0.4, -0.2) is 65.2 Å². The summed E-state index contributed by atoms with van der Waals surface area (Å²) in [6, 6.07) is 0. The second-order valence-corrected chi connectivity index (χ2v) is 7.17. The van der Waals surface area contributed by atoms with Gasteiger partial charge in [-0.05, 0) is 31.1 Å². The lowest BCUT2D eigenvalue weighted by atomic mass is 9.70. The quantitative estimate of drug-likeness (QED) is 0.314. The first-order chi connectivity index (χ1) is 13.0. The smallest absolute Gasteiger partial charge is 0.313 e. The van der Waals surface area contributed by atoms with Gasteiger partial charge in [0.05, 0.1) is 25.6 Å². The van der Waals surface area contributed by atoms with Crippen molar-refractivity contribution in [1.82, 2.24) is 0 Å². The molecule has 2 aliphatic rings. The number of ether oxygens (including phenoxy) is 5. The van der Waals surface area contributed by atoms with Gasteiger partial charge in [0.2, 0.25) is 0 Å². The normalized spacial score (nSPS) is 31.6. The molecule has 6 unspecified atom stereocenters. The third-order valence-corrected chi connectivity index (χ3v) is 5.72. The Morgan fingerprint density at radius 1 is 0.889 bits per heavy atom. The Hall–Kier alpha value is -1.67. The third-order valence-electron chi connectivity index (χ3n) is 5.72. The van der Waals surface area contributed by atoms with Crippen LogP contribution in [-0.2, 0) is 38.1 Å². The van der Waals surface area contributed by atoms with Crippen LogP contribution < -0.4 is 0 Å². The van der Waals surface area contributed by atoms with Gasteiger partial charge in [-0.25, -0.2) is 0 Å². The molecule has 8 nitrogen and oxygen atoms in total. The number of hydrogen-bond donors (Lipinski definition) is 0. The van der Waals surface area contributed by atoms with Crippen LogP contribution in [0.4, 0.5) is 0 Å². The number of carbonyl (C=O) groups is 3. The highest BCUT2D eigenvalue weighted by atomic mass is 16.6. The highest BCUT2D eigenvalue weighted by molar-refractivity contribution is 5.80. The predicted octanol–water partition coefficient (Wildman–Crippen LogP) is 1.21. The highest BCUT2D eigenvalue weighted by Gasteiger charge is 2.64. The summed E-state index contributed by atoms with van der Waals surface area (Å²) >= 11 is 0. The van der Waals surface area contributed by atoms with E-state index in [1.807, 2.05) is 0 Å². The van der Waals surface area contributed by atoms with Crippen LogP contribution in [0.25, 0.3) is 0 Å². The van der Waals surface area contributed by atoms with E-state index in [9.17, 15) is 14.4 Å². The fourth-order valence-corrected chi connectivity index (χ4v) is 4.80. The zero-order valence-electron chi connectivity index (χ0n) is 16.5. The van der Waals surface area contributed by atoms with Crippen molar-refractivity contribution in [2.45, 2.75) is 32.3 Å². The molecule has 2 bridgehead atoms. The van der Waals surface area contributed by atoms with Crippen molar-refractivity contribution in [3.63, 3.8) is 0 Å². The molecule has 2 aliphatic carbocycles. The average molecular weight is 386 g/mol. The summed E-state index contributed by atoms with van der Waals surface area (Å²) in [5.41, 5.74) is 0. The van der Waals surface area contributed by atoms with Gasteiger partial charge in [-0.3, -0.25) is 14.4 Å². The van der Waals surface area contributed by atoms with E-state index in [0.29, 0.717) is 13.0 Å². The molecule has 0 heterocycles. The predicted molar refractivity (Wildman–Crippen MR) is 93.6 cm³/mol. The van der Waals surface area contributed by atoms with Gasteiger partial charge >= 0.3 is 17.9 Å². The van der Waals surface area contributed by atoms with E-state index in [1.54, 1.807) is 7.11 Å². The maximum absolute atomic E-state index is 12.7. The van der Waals surface area contributed by atoms with Crippen molar-refractivity contribution in [3.05, 3.63) is 0 Å². The molecule has 0 N–H and O–H groups in total. The fourth-order valence-electron chi connectivity index (χ4n) is 4.80. The number of carbonyl (C=O) groups excluding carboxylic acids is 3. The molecule has 6 atom stereocenters. The molecular formula is C19H30O8. The molecule has 27 heavy (non-hydrogen) atoms. The maximum Gasteiger partial charge on any atom is 0.313 e. The SMILES string of the molecule is COCCCC1C2CC(C1C(=O)OC)C(C(=O)OCCOC)C2OC(C)=O. The van der Waals surface area contributed by atoms with Crippen molar-refractivity contribution >= 4 is 17.9 Å². The van der Waals surface area contributed by atoms with Gasteiger partial charge in [0.25, 0.3) is 0 Å². The molecule has 0 amide bonds. The van der Waals surface area contributed by atoms with Crippen LogP contribution in [0.15, 0.2) is 0 Å². The van der Waals surface area contributed by atoms with Crippen molar-refractivity contribution in [2.24, 2.45) is 29.6 Å². The fraction of sp³-hybridized carbons (Fsp3) is 0.842. The van der Waals surface area contributed by atoms with E-state index in [-0.39, 0.29) is 36.9 Å². The Labute approximate surface area is 159 Å². The lowest BCUT2D eigenvalue weighted by Gasteiger charge is -2.38.